The number of aromatic nitrogens is 1. The van der Waals surface area contributed by atoms with Gasteiger partial charge in [-0.1, -0.05) is 55.0 Å². The lowest BCUT2D eigenvalue weighted by Crippen LogP contribution is -2.31. The van der Waals surface area contributed by atoms with Crippen LogP contribution in [0.4, 0.5) is 17.1 Å². The van der Waals surface area contributed by atoms with Gasteiger partial charge in [-0.3, -0.25) is 20.2 Å². The number of hydrogen-bond donors (Lipinski definition) is 2. The van der Waals surface area contributed by atoms with Crippen molar-refractivity contribution >= 4 is 28.0 Å². The van der Waals surface area contributed by atoms with Gasteiger partial charge in [0.05, 0.1) is 15.4 Å². The normalized spacial score (nSPS) is 15.0. The summed E-state index contributed by atoms with van der Waals surface area (Å²) < 4.78 is 0. The molecule has 33 heavy (non-hydrogen) atoms. The quantitative estimate of drug-likeness (QED) is 0.320. The van der Waals surface area contributed by atoms with E-state index in [0.29, 0.717) is 6.04 Å². The van der Waals surface area contributed by atoms with Gasteiger partial charge in [0, 0.05) is 52.5 Å². The summed E-state index contributed by atoms with van der Waals surface area (Å²) in [4.78, 5) is 23.8. The van der Waals surface area contributed by atoms with Crippen LogP contribution in [0.2, 0.25) is 0 Å². The summed E-state index contributed by atoms with van der Waals surface area (Å²) in [5.74, 6) is 0. The maximum Gasteiger partial charge on any atom is 0.271 e. The van der Waals surface area contributed by atoms with Crippen LogP contribution in [0, 0.1) is 25.6 Å². The van der Waals surface area contributed by atoms with Crippen molar-refractivity contribution in [3.63, 3.8) is 0 Å². The zero-order chi connectivity index (χ0) is 23.8. The average Bonchev–Trinajstić information content (AvgIpc) is 3.30. The van der Waals surface area contributed by atoms with E-state index in [1.807, 2.05) is 12.1 Å². The van der Waals surface area contributed by atoms with Gasteiger partial charge in [0.25, 0.3) is 11.4 Å². The Balaban J connectivity index is 0.000000227. The number of nitro groups is 2. The minimum Gasteiger partial charge on any atom is -0.381 e. The van der Waals surface area contributed by atoms with Crippen LogP contribution in [-0.4, -0.2) is 20.9 Å². The van der Waals surface area contributed by atoms with Crippen molar-refractivity contribution in [3.8, 4) is 0 Å². The Bertz CT molecular complexity index is 1170. The number of nitrogens with one attached hydrogen (secondary N) is 2. The fourth-order valence-corrected chi connectivity index (χ4v) is 3.60. The van der Waals surface area contributed by atoms with E-state index in [0.717, 1.165) is 28.7 Å². The maximum absolute atomic E-state index is 10.7. The number of benzene rings is 2. The SMILES string of the molecule is C.CC(C)(C)C1Cc2ccc([N+](=O)[O-])cc2N1.CC(C)(C)c1cc2ccc([N+](=O)[O-])cc2[nH]1. The fourth-order valence-electron chi connectivity index (χ4n) is 3.60. The molecule has 0 bridgehead atoms. The first-order valence-electron chi connectivity index (χ1n) is 10.6. The van der Waals surface area contributed by atoms with Gasteiger partial charge in [-0.2, -0.15) is 0 Å². The third kappa shape index (κ3) is 5.88. The molecule has 1 atom stereocenters. The second-order valence-electron chi connectivity index (χ2n) is 10.3. The summed E-state index contributed by atoms with van der Waals surface area (Å²) in [6.45, 7) is 12.8. The Kier molecular flexibility index (Phi) is 7.21. The molecule has 0 fully saturated rings. The Morgan fingerprint density at radius 3 is 2.00 bits per heavy atom. The highest BCUT2D eigenvalue weighted by atomic mass is 16.6. The largest absolute Gasteiger partial charge is 0.381 e. The summed E-state index contributed by atoms with van der Waals surface area (Å²) in [6.07, 6.45) is 0.941. The number of rotatable bonds is 2. The molecule has 0 saturated carbocycles. The van der Waals surface area contributed by atoms with Gasteiger partial charge >= 0.3 is 0 Å². The molecule has 0 aliphatic carbocycles. The van der Waals surface area contributed by atoms with Crippen molar-refractivity contribution in [1.82, 2.24) is 4.98 Å². The number of anilines is 1. The van der Waals surface area contributed by atoms with Gasteiger partial charge in [-0.25, -0.2) is 0 Å². The van der Waals surface area contributed by atoms with E-state index in [1.165, 1.54) is 11.6 Å². The van der Waals surface area contributed by atoms with Crippen molar-refractivity contribution < 1.29 is 9.85 Å². The lowest BCUT2D eigenvalue weighted by molar-refractivity contribution is -0.384. The van der Waals surface area contributed by atoms with E-state index in [4.69, 9.17) is 0 Å². The van der Waals surface area contributed by atoms with Crippen LogP contribution in [-0.2, 0) is 11.8 Å². The molecule has 2 N–H and O–H groups in total. The number of fused-ring (bicyclic) bond motifs is 2. The molecule has 1 aromatic heterocycles. The molecule has 0 spiro atoms. The molecule has 0 saturated heterocycles. The van der Waals surface area contributed by atoms with E-state index < -0.39 is 0 Å². The van der Waals surface area contributed by atoms with Crippen LogP contribution in [0.5, 0.6) is 0 Å². The van der Waals surface area contributed by atoms with E-state index >= 15 is 0 Å². The summed E-state index contributed by atoms with van der Waals surface area (Å²) in [7, 11) is 0. The van der Waals surface area contributed by atoms with Crippen LogP contribution < -0.4 is 5.32 Å². The Morgan fingerprint density at radius 1 is 0.879 bits per heavy atom. The highest BCUT2D eigenvalue weighted by Crippen LogP contribution is 2.36. The van der Waals surface area contributed by atoms with Crippen molar-refractivity contribution in [3.05, 3.63) is 74.0 Å². The molecular formula is C25H34N4O4. The number of nitro benzene ring substituents is 2. The van der Waals surface area contributed by atoms with E-state index in [1.54, 1.807) is 24.3 Å². The molecule has 2 aromatic carbocycles. The fraction of sp³-hybridized carbons (Fsp3) is 0.440. The molecule has 8 heteroatoms. The first-order chi connectivity index (χ1) is 14.8. The molecule has 8 nitrogen and oxygen atoms in total. The van der Waals surface area contributed by atoms with E-state index in [9.17, 15) is 20.2 Å². The Morgan fingerprint density at radius 2 is 1.45 bits per heavy atom. The van der Waals surface area contributed by atoms with Gasteiger partial charge in [0.1, 0.15) is 0 Å². The molecule has 2 heterocycles. The highest BCUT2D eigenvalue weighted by molar-refractivity contribution is 5.82. The molecule has 1 unspecified atom stereocenters. The second-order valence-corrected chi connectivity index (χ2v) is 10.3. The zero-order valence-electron chi connectivity index (χ0n) is 19.4. The second kappa shape index (κ2) is 9.21. The molecular weight excluding hydrogens is 420 g/mol. The van der Waals surface area contributed by atoms with E-state index in [2.05, 4.69) is 51.8 Å². The third-order valence-corrected chi connectivity index (χ3v) is 5.73. The number of aromatic amines is 1. The molecule has 0 radical (unpaired) electrons. The monoisotopic (exact) mass is 454 g/mol. The van der Waals surface area contributed by atoms with Crippen LogP contribution in [0.25, 0.3) is 10.9 Å². The number of hydrogen-bond acceptors (Lipinski definition) is 5. The summed E-state index contributed by atoms with van der Waals surface area (Å²) in [5.41, 5.74) is 4.44. The van der Waals surface area contributed by atoms with Crippen LogP contribution in [0.1, 0.15) is 60.2 Å². The average molecular weight is 455 g/mol. The number of non-ortho nitro benzene ring substituents is 2. The van der Waals surface area contributed by atoms with Gasteiger partial charge in [-0.05, 0) is 29.5 Å². The van der Waals surface area contributed by atoms with Crippen molar-refractivity contribution in [2.24, 2.45) is 5.41 Å². The molecule has 0 amide bonds. The summed E-state index contributed by atoms with van der Waals surface area (Å²) >= 11 is 0. The van der Waals surface area contributed by atoms with Crippen LogP contribution in [0.3, 0.4) is 0 Å². The molecule has 4 rings (SSSR count). The number of nitrogens with zero attached hydrogens (tertiary/aromatic N) is 2. The highest BCUT2D eigenvalue weighted by Gasteiger charge is 2.31. The van der Waals surface area contributed by atoms with Gasteiger partial charge in [-0.15, -0.1) is 0 Å². The summed E-state index contributed by atoms with van der Waals surface area (Å²) in [6, 6.07) is 12.3. The third-order valence-electron chi connectivity index (χ3n) is 5.73. The van der Waals surface area contributed by atoms with Crippen molar-refractivity contribution in [2.45, 2.75) is 66.8 Å². The summed E-state index contributed by atoms with van der Waals surface area (Å²) in [5, 5.41) is 25.7. The Hall–Kier alpha value is -3.42. The maximum atomic E-state index is 10.7. The predicted molar refractivity (Wildman–Crippen MR) is 134 cm³/mol. The molecule has 1 aliphatic heterocycles. The van der Waals surface area contributed by atoms with Crippen LogP contribution >= 0.6 is 0 Å². The molecule has 3 aromatic rings. The number of H-pyrrole nitrogens is 1. The van der Waals surface area contributed by atoms with Crippen molar-refractivity contribution in [1.29, 1.82) is 0 Å². The first-order valence-corrected chi connectivity index (χ1v) is 10.6. The smallest absolute Gasteiger partial charge is 0.271 e. The first kappa shape index (κ1) is 25.8. The van der Waals surface area contributed by atoms with Gasteiger partial charge in [0.2, 0.25) is 0 Å². The van der Waals surface area contributed by atoms with Gasteiger partial charge < -0.3 is 10.3 Å². The lowest BCUT2D eigenvalue weighted by Gasteiger charge is -2.27. The standard InChI is InChI=1S/C12H16N2O2.C12H14N2O2.CH4/c2*1-12(2,3)11-6-8-4-5-9(14(15)16)7-10(8)13-11;/h4-5,7,11,13H,6H2,1-3H3;4-7,13H,1-3H3;1H4. The van der Waals surface area contributed by atoms with E-state index in [-0.39, 0.29) is 39.5 Å². The lowest BCUT2D eigenvalue weighted by atomic mass is 9.85. The molecule has 1 aliphatic rings. The minimum absolute atomic E-state index is 0. The minimum atomic E-state index is -0.378. The molecule has 178 valence electrons. The Labute approximate surface area is 194 Å². The zero-order valence-corrected chi connectivity index (χ0v) is 19.4. The van der Waals surface area contributed by atoms with Crippen molar-refractivity contribution in [2.75, 3.05) is 5.32 Å². The topological polar surface area (TPSA) is 114 Å². The predicted octanol–water partition coefficient (Wildman–Crippen LogP) is 6.99. The van der Waals surface area contributed by atoms with Gasteiger partial charge in [0.15, 0.2) is 0 Å². The van der Waals surface area contributed by atoms with Crippen LogP contribution in [0.15, 0.2) is 42.5 Å².